The average Bonchev–Trinajstić information content (AvgIpc) is 2.57. The van der Waals surface area contributed by atoms with Gasteiger partial charge in [-0.1, -0.05) is 18.2 Å². The SMILES string of the molecule is CNc1cccc(C)c1N(C)Cc1ccc(F)cc1C.NNC=O. The third-order valence-corrected chi connectivity index (χ3v) is 3.67. The van der Waals surface area contributed by atoms with Crippen molar-refractivity contribution in [3.8, 4) is 0 Å². The summed E-state index contributed by atoms with van der Waals surface area (Å²) in [6.45, 7) is 4.80. The summed E-state index contributed by atoms with van der Waals surface area (Å²) in [4.78, 5) is 11.1. The van der Waals surface area contributed by atoms with Gasteiger partial charge in [0.25, 0.3) is 0 Å². The second-order valence-electron chi connectivity index (χ2n) is 5.43. The van der Waals surface area contributed by atoms with Crippen LogP contribution >= 0.6 is 0 Å². The highest BCUT2D eigenvalue weighted by Crippen LogP contribution is 2.30. The number of hydrogen-bond acceptors (Lipinski definition) is 4. The van der Waals surface area contributed by atoms with Gasteiger partial charge in [0.05, 0.1) is 11.4 Å². The molecule has 24 heavy (non-hydrogen) atoms. The van der Waals surface area contributed by atoms with Gasteiger partial charge in [-0.2, -0.15) is 0 Å². The Bertz CT molecular complexity index is 676. The molecule has 0 spiro atoms. The molecule has 0 heterocycles. The van der Waals surface area contributed by atoms with E-state index in [9.17, 15) is 4.39 Å². The number of amides is 1. The van der Waals surface area contributed by atoms with Gasteiger partial charge in [-0.25, -0.2) is 10.2 Å². The van der Waals surface area contributed by atoms with Gasteiger partial charge < -0.3 is 10.2 Å². The lowest BCUT2D eigenvalue weighted by molar-refractivity contribution is -0.109. The van der Waals surface area contributed by atoms with Crippen molar-refractivity contribution in [1.29, 1.82) is 0 Å². The van der Waals surface area contributed by atoms with E-state index in [1.807, 2.05) is 26.1 Å². The molecule has 2 rings (SSSR count). The first kappa shape index (κ1) is 19.4. The van der Waals surface area contributed by atoms with Gasteiger partial charge in [0.1, 0.15) is 5.82 Å². The van der Waals surface area contributed by atoms with Crippen molar-refractivity contribution < 1.29 is 9.18 Å². The van der Waals surface area contributed by atoms with Crippen LogP contribution < -0.4 is 21.5 Å². The molecule has 0 aromatic heterocycles. The fraction of sp³-hybridized carbons (Fsp3) is 0.278. The number of nitrogens with two attached hydrogens (primary N) is 1. The molecule has 2 aromatic rings. The molecular weight excluding hydrogens is 307 g/mol. The maximum absolute atomic E-state index is 13.2. The first-order chi connectivity index (χ1) is 11.4. The zero-order valence-corrected chi connectivity index (χ0v) is 14.6. The molecule has 5 nitrogen and oxygen atoms in total. The number of nitrogens with one attached hydrogen (secondary N) is 2. The van der Waals surface area contributed by atoms with Crippen LogP contribution in [-0.2, 0) is 11.3 Å². The predicted octanol–water partition coefficient (Wildman–Crippen LogP) is 2.73. The summed E-state index contributed by atoms with van der Waals surface area (Å²) in [5.41, 5.74) is 7.38. The molecule has 6 heteroatoms. The molecule has 0 atom stereocenters. The van der Waals surface area contributed by atoms with Crippen molar-refractivity contribution in [2.75, 3.05) is 24.3 Å². The zero-order valence-electron chi connectivity index (χ0n) is 14.6. The van der Waals surface area contributed by atoms with Crippen molar-refractivity contribution in [2.45, 2.75) is 20.4 Å². The summed E-state index contributed by atoms with van der Waals surface area (Å²) in [7, 11) is 3.99. The maximum Gasteiger partial charge on any atom is 0.221 e. The topological polar surface area (TPSA) is 70.4 Å². The van der Waals surface area contributed by atoms with Crippen molar-refractivity contribution in [1.82, 2.24) is 5.43 Å². The minimum absolute atomic E-state index is 0.180. The molecule has 0 unspecified atom stereocenters. The highest BCUT2D eigenvalue weighted by molar-refractivity contribution is 5.73. The van der Waals surface area contributed by atoms with Crippen molar-refractivity contribution in [3.63, 3.8) is 0 Å². The Morgan fingerprint density at radius 1 is 1.21 bits per heavy atom. The number of carbonyl (C=O) groups is 1. The number of nitrogens with zero attached hydrogens (tertiary/aromatic N) is 1. The van der Waals surface area contributed by atoms with E-state index in [1.54, 1.807) is 11.5 Å². The number of aryl methyl sites for hydroxylation is 2. The lowest BCUT2D eigenvalue weighted by Gasteiger charge is -2.25. The van der Waals surface area contributed by atoms with Crippen LogP contribution in [0.5, 0.6) is 0 Å². The lowest BCUT2D eigenvalue weighted by Crippen LogP contribution is -2.19. The van der Waals surface area contributed by atoms with Gasteiger partial charge >= 0.3 is 0 Å². The van der Waals surface area contributed by atoms with E-state index in [0.29, 0.717) is 6.41 Å². The fourth-order valence-corrected chi connectivity index (χ4v) is 2.54. The summed E-state index contributed by atoms with van der Waals surface area (Å²) in [6, 6.07) is 11.2. The summed E-state index contributed by atoms with van der Waals surface area (Å²) >= 11 is 0. The Kier molecular flexibility index (Phi) is 7.71. The number of anilines is 2. The summed E-state index contributed by atoms with van der Waals surface area (Å²) in [5.74, 6) is 4.23. The normalized spacial score (nSPS) is 9.58. The van der Waals surface area contributed by atoms with E-state index in [-0.39, 0.29) is 5.82 Å². The molecule has 0 radical (unpaired) electrons. The number of carbonyl (C=O) groups excluding carboxylic acids is 1. The van der Waals surface area contributed by atoms with E-state index >= 15 is 0 Å². The van der Waals surface area contributed by atoms with Crippen LogP contribution in [0.1, 0.15) is 16.7 Å². The predicted molar refractivity (Wildman–Crippen MR) is 97.4 cm³/mol. The highest BCUT2D eigenvalue weighted by Gasteiger charge is 2.11. The van der Waals surface area contributed by atoms with Gasteiger partial charge in [-0.15, -0.1) is 0 Å². The lowest BCUT2D eigenvalue weighted by atomic mass is 10.1. The molecule has 0 aliphatic rings. The number of benzene rings is 2. The van der Waals surface area contributed by atoms with Gasteiger partial charge in [0.2, 0.25) is 6.41 Å². The maximum atomic E-state index is 13.2. The van der Waals surface area contributed by atoms with E-state index < -0.39 is 0 Å². The Hall–Kier alpha value is -2.60. The number of hydrogen-bond donors (Lipinski definition) is 3. The van der Waals surface area contributed by atoms with Gasteiger partial charge in [-0.3, -0.25) is 10.2 Å². The average molecular weight is 332 g/mol. The van der Waals surface area contributed by atoms with Gasteiger partial charge in [0, 0.05) is 20.6 Å². The third-order valence-electron chi connectivity index (χ3n) is 3.67. The van der Waals surface area contributed by atoms with Crippen LogP contribution in [-0.4, -0.2) is 20.5 Å². The molecule has 0 bridgehead atoms. The first-order valence-electron chi connectivity index (χ1n) is 7.57. The highest BCUT2D eigenvalue weighted by atomic mass is 19.1. The molecule has 1 amide bonds. The van der Waals surface area contributed by atoms with Crippen LogP contribution in [0.25, 0.3) is 0 Å². The molecule has 4 N–H and O–H groups in total. The van der Waals surface area contributed by atoms with Crippen molar-refractivity contribution in [3.05, 3.63) is 58.9 Å². The molecule has 130 valence electrons. The van der Waals surface area contributed by atoms with Crippen molar-refractivity contribution in [2.24, 2.45) is 5.84 Å². The number of halogens is 1. The van der Waals surface area contributed by atoms with Crippen LogP contribution in [0.2, 0.25) is 0 Å². The Morgan fingerprint density at radius 3 is 2.42 bits per heavy atom. The van der Waals surface area contributed by atoms with Gasteiger partial charge in [0.15, 0.2) is 0 Å². The fourth-order valence-electron chi connectivity index (χ4n) is 2.54. The first-order valence-corrected chi connectivity index (χ1v) is 7.57. The smallest absolute Gasteiger partial charge is 0.221 e. The van der Waals surface area contributed by atoms with Crippen molar-refractivity contribution >= 4 is 17.8 Å². The summed E-state index contributed by atoms with van der Waals surface area (Å²) in [5, 5.41) is 3.23. The van der Waals surface area contributed by atoms with E-state index in [2.05, 4.69) is 42.2 Å². The Labute approximate surface area is 142 Å². The van der Waals surface area contributed by atoms with E-state index in [0.717, 1.165) is 23.4 Å². The molecule has 2 aromatic carbocycles. The standard InChI is InChI=1S/C17H21FN2.CH4N2O/c1-12-6-5-7-16(19-3)17(12)20(4)11-14-8-9-15(18)10-13(14)2;2-3-1-4/h5-10,19H,11H2,1-4H3;1H,2H2,(H,3,4). The van der Waals surface area contributed by atoms with Crippen LogP contribution in [0.3, 0.4) is 0 Å². The quantitative estimate of drug-likeness (QED) is 0.341. The molecule has 0 saturated carbocycles. The largest absolute Gasteiger partial charge is 0.386 e. The Morgan fingerprint density at radius 2 is 1.88 bits per heavy atom. The third kappa shape index (κ3) is 5.24. The summed E-state index contributed by atoms with van der Waals surface area (Å²) in [6.07, 6.45) is 0.403. The van der Waals surface area contributed by atoms with E-state index in [4.69, 9.17) is 4.79 Å². The molecule has 0 fully saturated rings. The minimum atomic E-state index is -0.180. The molecular formula is C18H25FN4O. The number of para-hydroxylation sites is 1. The second kappa shape index (κ2) is 9.52. The van der Waals surface area contributed by atoms with Crippen LogP contribution in [0, 0.1) is 19.7 Å². The number of hydrazine groups is 1. The summed E-state index contributed by atoms with van der Waals surface area (Å²) < 4.78 is 13.2. The monoisotopic (exact) mass is 332 g/mol. The molecule has 0 aliphatic carbocycles. The molecule has 0 aliphatic heterocycles. The minimum Gasteiger partial charge on any atom is -0.386 e. The number of rotatable bonds is 5. The second-order valence-corrected chi connectivity index (χ2v) is 5.43. The molecule has 0 saturated heterocycles. The Balaban J connectivity index is 0.000000648. The van der Waals surface area contributed by atoms with Crippen LogP contribution in [0.4, 0.5) is 15.8 Å². The van der Waals surface area contributed by atoms with Gasteiger partial charge in [-0.05, 0) is 48.7 Å². The van der Waals surface area contributed by atoms with E-state index in [1.165, 1.54) is 17.3 Å². The van der Waals surface area contributed by atoms with Crippen LogP contribution in [0.15, 0.2) is 36.4 Å². The zero-order chi connectivity index (χ0) is 18.1.